The fourth-order valence-corrected chi connectivity index (χ4v) is 3.52. The number of aromatic amines is 1. The molecule has 1 aromatic heterocycles. The number of rotatable bonds is 5. The quantitative estimate of drug-likeness (QED) is 0.774. The molecule has 2 aromatic carbocycles. The van der Waals surface area contributed by atoms with Crippen molar-refractivity contribution < 1.29 is 4.21 Å². The fourth-order valence-electron chi connectivity index (χ4n) is 2.43. The van der Waals surface area contributed by atoms with Gasteiger partial charge in [-0.25, -0.2) is 4.79 Å². The lowest BCUT2D eigenvalue weighted by Crippen LogP contribution is -2.36. The van der Waals surface area contributed by atoms with Crippen LogP contribution in [0.2, 0.25) is 0 Å². The van der Waals surface area contributed by atoms with Crippen molar-refractivity contribution >= 4 is 21.7 Å². The largest absolute Gasteiger partial charge is 0.328 e. The molecule has 118 valence electrons. The summed E-state index contributed by atoms with van der Waals surface area (Å²) in [6, 6.07) is 16.4. The average Bonchev–Trinajstić information content (AvgIpc) is 2.55. The van der Waals surface area contributed by atoms with Crippen LogP contribution in [0, 0.1) is 0 Å². The van der Waals surface area contributed by atoms with Crippen molar-refractivity contribution in [1.82, 2.24) is 9.55 Å². The van der Waals surface area contributed by atoms with Gasteiger partial charge in [0.05, 0.1) is 10.9 Å². The van der Waals surface area contributed by atoms with E-state index in [0.29, 0.717) is 16.7 Å². The molecular weight excluding hydrogens is 312 g/mol. The minimum absolute atomic E-state index is 0.137. The van der Waals surface area contributed by atoms with Gasteiger partial charge in [-0.2, -0.15) is 0 Å². The van der Waals surface area contributed by atoms with Crippen LogP contribution in [0.15, 0.2) is 64.2 Å². The number of benzene rings is 2. The smallest absolute Gasteiger partial charge is 0.307 e. The molecule has 0 aliphatic heterocycles. The number of hydrogen-bond acceptors (Lipinski definition) is 3. The van der Waals surface area contributed by atoms with Crippen molar-refractivity contribution in [2.45, 2.75) is 12.3 Å². The lowest BCUT2D eigenvalue weighted by atomic mass is 10.2. The van der Waals surface area contributed by atoms with E-state index in [-0.39, 0.29) is 17.9 Å². The third-order valence-corrected chi connectivity index (χ3v) is 4.90. The van der Waals surface area contributed by atoms with Gasteiger partial charge >= 0.3 is 5.69 Å². The summed E-state index contributed by atoms with van der Waals surface area (Å²) in [4.78, 5) is 27.1. The number of nitrogens with zero attached hydrogens (tertiary/aromatic N) is 1. The monoisotopic (exact) mass is 328 g/mol. The summed E-state index contributed by atoms with van der Waals surface area (Å²) in [7, 11) is -1.13. The molecule has 3 rings (SSSR count). The van der Waals surface area contributed by atoms with Crippen LogP contribution >= 0.6 is 0 Å². The van der Waals surface area contributed by atoms with Crippen molar-refractivity contribution in [3.05, 3.63) is 81.0 Å². The maximum Gasteiger partial charge on any atom is 0.328 e. The predicted octanol–water partition coefficient (Wildman–Crippen LogP) is 1.64. The number of H-pyrrole nitrogens is 1. The molecule has 0 spiro atoms. The Morgan fingerprint density at radius 1 is 0.957 bits per heavy atom. The highest BCUT2D eigenvalue weighted by atomic mass is 32.2. The van der Waals surface area contributed by atoms with E-state index in [0.717, 1.165) is 10.1 Å². The van der Waals surface area contributed by atoms with E-state index >= 15 is 0 Å². The fraction of sp³-hybridized carbons (Fsp3) is 0.176. The Labute approximate surface area is 135 Å². The maximum absolute atomic E-state index is 12.4. The van der Waals surface area contributed by atoms with Gasteiger partial charge in [0.1, 0.15) is 0 Å². The Hall–Kier alpha value is -2.47. The Balaban J connectivity index is 1.78. The molecule has 0 fully saturated rings. The standard InChI is InChI=1S/C17H16N2O3S/c20-16-14-8-4-5-9-15(14)18-17(21)19(16)10-11-23(22)12-13-6-2-1-3-7-13/h1-9H,10-12H2,(H,18,21)/t23-/m0/s1. The second-order valence-electron chi connectivity index (χ2n) is 5.21. The molecule has 0 amide bonds. The molecule has 0 aliphatic rings. The van der Waals surface area contributed by atoms with Crippen LogP contribution in [0.1, 0.15) is 5.56 Å². The summed E-state index contributed by atoms with van der Waals surface area (Å²) < 4.78 is 13.3. The highest BCUT2D eigenvalue weighted by molar-refractivity contribution is 7.84. The van der Waals surface area contributed by atoms with Crippen LogP contribution in [-0.2, 0) is 23.1 Å². The van der Waals surface area contributed by atoms with Crippen molar-refractivity contribution in [3.63, 3.8) is 0 Å². The number of hydrogen-bond donors (Lipinski definition) is 1. The summed E-state index contributed by atoms with van der Waals surface area (Å²) in [5.74, 6) is 0.678. The second kappa shape index (κ2) is 6.75. The molecule has 0 saturated heterocycles. The summed E-state index contributed by atoms with van der Waals surface area (Å²) >= 11 is 0. The molecule has 1 atom stereocenters. The van der Waals surface area contributed by atoms with E-state index < -0.39 is 16.5 Å². The van der Waals surface area contributed by atoms with Crippen LogP contribution in [0.25, 0.3) is 10.9 Å². The first kappa shape index (κ1) is 15.4. The molecule has 0 radical (unpaired) electrons. The lowest BCUT2D eigenvalue weighted by Gasteiger charge is -2.06. The normalized spacial score (nSPS) is 12.3. The Kier molecular flexibility index (Phi) is 4.52. The summed E-state index contributed by atoms with van der Waals surface area (Å²) in [6.07, 6.45) is 0. The molecule has 0 bridgehead atoms. The Morgan fingerprint density at radius 3 is 2.43 bits per heavy atom. The predicted molar refractivity (Wildman–Crippen MR) is 92.0 cm³/mol. The van der Waals surface area contributed by atoms with Crippen LogP contribution < -0.4 is 11.2 Å². The van der Waals surface area contributed by atoms with Crippen LogP contribution in [0.5, 0.6) is 0 Å². The average molecular weight is 328 g/mol. The maximum atomic E-state index is 12.4. The summed E-state index contributed by atoms with van der Waals surface area (Å²) in [5.41, 5.74) is 0.682. The Morgan fingerprint density at radius 2 is 1.65 bits per heavy atom. The molecule has 3 aromatic rings. The first-order chi connectivity index (χ1) is 11.1. The van der Waals surface area contributed by atoms with Gasteiger partial charge in [0, 0.05) is 28.9 Å². The van der Waals surface area contributed by atoms with E-state index in [2.05, 4.69) is 4.98 Å². The molecule has 23 heavy (non-hydrogen) atoms. The molecule has 1 N–H and O–H groups in total. The summed E-state index contributed by atoms with van der Waals surface area (Å²) in [5, 5.41) is 0.459. The minimum Gasteiger partial charge on any atom is -0.307 e. The first-order valence-corrected chi connectivity index (χ1v) is 8.75. The molecule has 0 aliphatic carbocycles. The zero-order valence-corrected chi connectivity index (χ0v) is 13.2. The Bertz CT molecular complexity index is 961. The van der Waals surface area contributed by atoms with Crippen molar-refractivity contribution in [1.29, 1.82) is 0 Å². The number of fused-ring (bicyclic) bond motifs is 1. The third-order valence-electron chi connectivity index (χ3n) is 3.60. The van der Waals surface area contributed by atoms with Gasteiger partial charge in [-0.05, 0) is 17.7 Å². The minimum atomic E-state index is -1.13. The van der Waals surface area contributed by atoms with Crippen LogP contribution in [0.4, 0.5) is 0 Å². The van der Waals surface area contributed by atoms with Gasteiger partial charge < -0.3 is 4.98 Å². The second-order valence-corrected chi connectivity index (χ2v) is 6.78. The van der Waals surface area contributed by atoms with Crippen LogP contribution in [0.3, 0.4) is 0 Å². The molecule has 0 saturated carbocycles. The topological polar surface area (TPSA) is 71.9 Å². The van der Waals surface area contributed by atoms with Crippen molar-refractivity contribution in [2.75, 3.05) is 5.75 Å². The highest BCUT2D eigenvalue weighted by Crippen LogP contribution is 2.04. The molecule has 0 unspecified atom stereocenters. The van der Waals surface area contributed by atoms with Gasteiger partial charge in [-0.3, -0.25) is 13.6 Å². The molecule has 5 nitrogen and oxygen atoms in total. The van der Waals surface area contributed by atoms with E-state index in [1.54, 1.807) is 24.3 Å². The van der Waals surface area contributed by atoms with Gasteiger partial charge in [0.15, 0.2) is 0 Å². The SMILES string of the molecule is O=c1[nH]c2ccccc2c(=O)n1CC[S@](=O)Cc1ccccc1. The van der Waals surface area contributed by atoms with E-state index in [9.17, 15) is 13.8 Å². The van der Waals surface area contributed by atoms with Crippen LogP contribution in [-0.4, -0.2) is 19.5 Å². The van der Waals surface area contributed by atoms with Crippen molar-refractivity contribution in [2.24, 2.45) is 0 Å². The number of aromatic nitrogens is 2. The van der Waals surface area contributed by atoms with Gasteiger partial charge in [0.25, 0.3) is 5.56 Å². The number of nitrogens with one attached hydrogen (secondary N) is 1. The van der Waals surface area contributed by atoms with E-state index in [4.69, 9.17) is 0 Å². The molecular formula is C17H16N2O3S. The first-order valence-electron chi connectivity index (χ1n) is 7.26. The third kappa shape index (κ3) is 3.48. The summed E-state index contributed by atoms with van der Waals surface area (Å²) in [6.45, 7) is 0.137. The zero-order chi connectivity index (χ0) is 16.2. The number of para-hydroxylation sites is 1. The zero-order valence-electron chi connectivity index (χ0n) is 12.4. The molecule has 6 heteroatoms. The van der Waals surface area contributed by atoms with E-state index in [1.807, 2.05) is 30.3 Å². The van der Waals surface area contributed by atoms with Gasteiger partial charge in [-0.15, -0.1) is 0 Å². The van der Waals surface area contributed by atoms with E-state index in [1.165, 1.54) is 0 Å². The van der Waals surface area contributed by atoms with Crippen molar-refractivity contribution in [3.8, 4) is 0 Å². The molecule has 1 heterocycles. The lowest BCUT2D eigenvalue weighted by molar-refractivity contribution is 0.657. The van der Waals surface area contributed by atoms with Gasteiger partial charge in [0.2, 0.25) is 0 Å². The highest BCUT2D eigenvalue weighted by Gasteiger charge is 2.09. The van der Waals surface area contributed by atoms with Gasteiger partial charge in [-0.1, -0.05) is 42.5 Å².